The summed E-state index contributed by atoms with van der Waals surface area (Å²) in [6.07, 6.45) is 3.23. The van der Waals surface area contributed by atoms with Gasteiger partial charge < -0.3 is 10.1 Å². The van der Waals surface area contributed by atoms with Gasteiger partial charge in [0.25, 0.3) is 15.9 Å². The van der Waals surface area contributed by atoms with Gasteiger partial charge in [-0.1, -0.05) is 43.1 Å². The Labute approximate surface area is 193 Å². The van der Waals surface area contributed by atoms with Crippen molar-refractivity contribution in [3.05, 3.63) is 58.6 Å². The Balaban J connectivity index is 1.78. The maximum absolute atomic E-state index is 13.4. The van der Waals surface area contributed by atoms with E-state index in [2.05, 4.69) is 5.32 Å². The second-order valence-corrected chi connectivity index (χ2v) is 10.1. The zero-order valence-corrected chi connectivity index (χ0v) is 19.7. The molecule has 1 atom stereocenters. The fourth-order valence-corrected chi connectivity index (χ4v) is 5.49. The first-order chi connectivity index (χ1) is 15.2. The maximum atomic E-state index is 13.4. The minimum absolute atomic E-state index is 0.0318. The SMILES string of the molecule is CCCC(C)NC(=O)COC(=O)c1cc(S(=O)(=O)N2CCCc3ccccc32)ccc1Cl. The van der Waals surface area contributed by atoms with E-state index in [1.165, 1.54) is 22.5 Å². The molecule has 2 aromatic rings. The van der Waals surface area contributed by atoms with Gasteiger partial charge in [0, 0.05) is 12.6 Å². The smallest absolute Gasteiger partial charge is 0.340 e. The molecule has 1 unspecified atom stereocenters. The standard InChI is InChI=1S/C23H27ClN2O5S/c1-3-7-16(2)25-22(27)15-31-23(28)19-14-18(11-12-20(19)24)32(29,30)26-13-6-9-17-8-4-5-10-21(17)26/h4-5,8,10-12,14,16H,3,6-7,9,13,15H2,1-2H3,(H,25,27). The Morgan fingerprint density at radius 3 is 2.72 bits per heavy atom. The zero-order chi connectivity index (χ0) is 23.3. The Morgan fingerprint density at radius 1 is 1.22 bits per heavy atom. The van der Waals surface area contributed by atoms with E-state index < -0.39 is 28.5 Å². The molecular formula is C23H27ClN2O5S. The highest BCUT2D eigenvalue weighted by Crippen LogP contribution is 2.32. The molecule has 1 heterocycles. The van der Waals surface area contributed by atoms with Crippen molar-refractivity contribution < 1.29 is 22.7 Å². The molecule has 1 aliphatic rings. The molecule has 1 N–H and O–H groups in total. The molecular weight excluding hydrogens is 452 g/mol. The average molecular weight is 479 g/mol. The lowest BCUT2D eigenvalue weighted by atomic mass is 10.0. The van der Waals surface area contributed by atoms with E-state index in [9.17, 15) is 18.0 Å². The predicted octanol–water partition coefficient (Wildman–Crippen LogP) is 3.94. The lowest BCUT2D eigenvalue weighted by Crippen LogP contribution is -2.36. The van der Waals surface area contributed by atoms with E-state index in [0.29, 0.717) is 18.7 Å². The first-order valence-electron chi connectivity index (χ1n) is 10.6. The molecule has 0 bridgehead atoms. The minimum atomic E-state index is -3.91. The molecule has 0 spiro atoms. The maximum Gasteiger partial charge on any atom is 0.340 e. The molecule has 32 heavy (non-hydrogen) atoms. The number of anilines is 1. The molecule has 0 fully saturated rings. The third kappa shape index (κ3) is 5.42. The van der Waals surface area contributed by atoms with Crippen LogP contribution in [0.25, 0.3) is 0 Å². The van der Waals surface area contributed by atoms with Crippen LogP contribution in [0.3, 0.4) is 0 Å². The van der Waals surface area contributed by atoms with Crippen molar-refractivity contribution in [3.63, 3.8) is 0 Å². The van der Waals surface area contributed by atoms with Gasteiger partial charge in [0.1, 0.15) is 0 Å². The van der Waals surface area contributed by atoms with Crippen LogP contribution in [0.5, 0.6) is 0 Å². The molecule has 0 aliphatic carbocycles. The molecule has 0 saturated heterocycles. The number of hydrogen-bond donors (Lipinski definition) is 1. The number of rotatable bonds is 8. The number of nitrogens with one attached hydrogen (secondary N) is 1. The normalized spacial score (nSPS) is 14.4. The number of hydrogen-bond acceptors (Lipinski definition) is 5. The van der Waals surface area contributed by atoms with Crippen molar-refractivity contribution in [2.24, 2.45) is 0 Å². The van der Waals surface area contributed by atoms with Crippen molar-refractivity contribution in [2.75, 3.05) is 17.5 Å². The van der Waals surface area contributed by atoms with Crippen LogP contribution < -0.4 is 9.62 Å². The molecule has 0 aromatic heterocycles. The van der Waals surface area contributed by atoms with Crippen molar-refractivity contribution in [1.82, 2.24) is 5.32 Å². The Hall–Kier alpha value is -2.58. The number of halogens is 1. The van der Waals surface area contributed by atoms with Crippen molar-refractivity contribution >= 4 is 39.2 Å². The molecule has 1 amide bonds. The van der Waals surface area contributed by atoms with Gasteiger partial charge in [0.05, 0.1) is 21.2 Å². The summed E-state index contributed by atoms with van der Waals surface area (Å²) >= 11 is 6.14. The number of carbonyl (C=O) groups is 2. The van der Waals surface area contributed by atoms with Crippen molar-refractivity contribution in [2.45, 2.75) is 50.5 Å². The van der Waals surface area contributed by atoms with Crippen molar-refractivity contribution in [3.8, 4) is 0 Å². The molecule has 1 aliphatic heterocycles. The number of ether oxygens (including phenoxy) is 1. The lowest BCUT2D eigenvalue weighted by Gasteiger charge is -2.30. The van der Waals surface area contributed by atoms with Crippen LogP contribution in [0.2, 0.25) is 5.02 Å². The van der Waals surface area contributed by atoms with E-state index >= 15 is 0 Å². The van der Waals surface area contributed by atoms with Crippen LogP contribution in [-0.2, 0) is 26.0 Å². The van der Waals surface area contributed by atoms with Gasteiger partial charge in [-0.05, 0) is 56.0 Å². The van der Waals surface area contributed by atoms with Crippen molar-refractivity contribution in [1.29, 1.82) is 0 Å². The number of benzene rings is 2. The lowest BCUT2D eigenvalue weighted by molar-refractivity contribution is -0.124. The van der Waals surface area contributed by atoms with Crippen LogP contribution in [-0.4, -0.2) is 39.5 Å². The quantitative estimate of drug-likeness (QED) is 0.580. The molecule has 9 heteroatoms. The number of fused-ring (bicyclic) bond motifs is 1. The average Bonchev–Trinajstić information content (AvgIpc) is 2.77. The summed E-state index contributed by atoms with van der Waals surface area (Å²) < 4.78 is 33.1. The summed E-state index contributed by atoms with van der Waals surface area (Å²) in [4.78, 5) is 24.5. The van der Waals surface area contributed by atoms with E-state index in [4.69, 9.17) is 16.3 Å². The van der Waals surface area contributed by atoms with E-state index in [1.807, 2.05) is 26.0 Å². The molecule has 3 rings (SSSR count). The highest BCUT2D eigenvalue weighted by molar-refractivity contribution is 7.92. The highest BCUT2D eigenvalue weighted by Gasteiger charge is 2.30. The minimum Gasteiger partial charge on any atom is -0.452 e. The first-order valence-corrected chi connectivity index (χ1v) is 12.4. The molecule has 0 radical (unpaired) electrons. The second-order valence-electron chi connectivity index (χ2n) is 7.78. The molecule has 7 nitrogen and oxygen atoms in total. The summed E-state index contributed by atoms with van der Waals surface area (Å²) in [6.45, 7) is 3.75. The Morgan fingerprint density at radius 2 is 1.97 bits per heavy atom. The summed E-state index contributed by atoms with van der Waals surface area (Å²) in [5.74, 6) is -1.28. The fraction of sp³-hybridized carbons (Fsp3) is 0.391. The zero-order valence-electron chi connectivity index (χ0n) is 18.1. The van der Waals surface area contributed by atoms with Crippen LogP contribution in [0.4, 0.5) is 5.69 Å². The monoisotopic (exact) mass is 478 g/mol. The Bertz CT molecular complexity index is 1100. The van der Waals surface area contributed by atoms with Gasteiger partial charge in [0.15, 0.2) is 6.61 Å². The van der Waals surface area contributed by atoms with Crippen LogP contribution >= 0.6 is 11.6 Å². The highest BCUT2D eigenvalue weighted by atomic mass is 35.5. The van der Waals surface area contributed by atoms with Crippen LogP contribution in [0, 0.1) is 0 Å². The fourth-order valence-electron chi connectivity index (χ4n) is 3.73. The topological polar surface area (TPSA) is 92.8 Å². The number of sulfonamides is 1. The van der Waals surface area contributed by atoms with Gasteiger partial charge in [-0.3, -0.25) is 9.10 Å². The summed E-state index contributed by atoms with van der Waals surface area (Å²) in [6, 6.07) is 11.2. The summed E-state index contributed by atoms with van der Waals surface area (Å²) in [7, 11) is -3.91. The molecule has 2 aromatic carbocycles. The second kappa shape index (κ2) is 10.4. The van der Waals surface area contributed by atoms with Gasteiger partial charge in [-0.2, -0.15) is 0 Å². The number of nitrogens with zero attached hydrogens (tertiary/aromatic N) is 1. The van der Waals surface area contributed by atoms with E-state index in [0.717, 1.165) is 24.8 Å². The number of amides is 1. The summed E-state index contributed by atoms with van der Waals surface area (Å²) in [5, 5.41) is 2.79. The third-order valence-electron chi connectivity index (χ3n) is 5.28. The third-order valence-corrected chi connectivity index (χ3v) is 7.42. The van der Waals surface area contributed by atoms with Gasteiger partial charge in [0.2, 0.25) is 0 Å². The predicted molar refractivity (Wildman–Crippen MR) is 124 cm³/mol. The van der Waals surface area contributed by atoms with Crippen LogP contribution in [0.15, 0.2) is 47.4 Å². The van der Waals surface area contributed by atoms with E-state index in [1.54, 1.807) is 12.1 Å². The van der Waals surface area contributed by atoms with Gasteiger partial charge >= 0.3 is 5.97 Å². The summed E-state index contributed by atoms with van der Waals surface area (Å²) in [5.41, 5.74) is 1.49. The van der Waals surface area contributed by atoms with Gasteiger partial charge in [-0.25, -0.2) is 13.2 Å². The first kappa shape index (κ1) is 24.1. The molecule has 0 saturated carbocycles. The van der Waals surface area contributed by atoms with E-state index in [-0.39, 0.29) is 21.5 Å². The van der Waals surface area contributed by atoms with Gasteiger partial charge in [-0.15, -0.1) is 0 Å². The number of para-hydroxylation sites is 1. The largest absolute Gasteiger partial charge is 0.452 e. The Kier molecular flexibility index (Phi) is 7.79. The number of aryl methyl sites for hydroxylation is 1. The molecule has 172 valence electrons. The number of carbonyl (C=O) groups excluding carboxylic acids is 2. The van der Waals surface area contributed by atoms with Crippen LogP contribution in [0.1, 0.15) is 49.0 Å². The number of esters is 1.